The van der Waals surface area contributed by atoms with Crippen LogP contribution in [0.5, 0.6) is 5.75 Å². The number of amides is 1. The van der Waals surface area contributed by atoms with Gasteiger partial charge in [0.1, 0.15) is 11.3 Å². The summed E-state index contributed by atoms with van der Waals surface area (Å²) in [5.74, 6) is 0.306. The smallest absolute Gasteiger partial charge is 0.261 e. The lowest BCUT2D eigenvalue weighted by Gasteiger charge is -2.09. The first-order valence-corrected chi connectivity index (χ1v) is 6.82. The first-order chi connectivity index (χ1) is 10.2. The van der Waals surface area contributed by atoms with Crippen LogP contribution in [-0.2, 0) is 0 Å². The van der Waals surface area contributed by atoms with E-state index in [1.807, 2.05) is 31.2 Å². The lowest BCUT2D eigenvalue weighted by atomic mass is 10.1. The molecule has 0 unspecified atom stereocenters. The van der Waals surface area contributed by atoms with E-state index in [1.165, 1.54) is 6.07 Å². The maximum atomic E-state index is 12.1. The SMILES string of the molecule is CCCNC(=O)c1ccc(-c2ccccc2OC)[nH]c1=O. The third kappa shape index (κ3) is 3.31. The van der Waals surface area contributed by atoms with Crippen LogP contribution in [0.2, 0.25) is 0 Å². The number of aromatic nitrogens is 1. The van der Waals surface area contributed by atoms with Gasteiger partial charge in [-0.15, -0.1) is 0 Å². The molecule has 110 valence electrons. The van der Waals surface area contributed by atoms with Crippen LogP contribution in [0.4, 0.5) is 0 Å². The molecule has 5 nitrogen and oxygen atoms in total. The Hall–Kier alpha value is -2.56. The largest absolute Gasteiger partial charge is 0.496 e. The van der Waals surface area contributed by atoms with Gasteiger partial charge in [-0.25, -0.2) is 0 Å². The molecule has 5 heteroatoms. The maximum Gasteiger partial charge on any atom is 0.261 e. The van der Waals surface area contributed by atoms with Crippen molar-refractivity contribution in [3.8, 4) is 17.0 Å². The second-order valence-corrected chi connectivity index (χ2v) is 4.57. The molecular formula is C16H18N2O3. The monoisotopic (exact) mass is 286 g/mol. The standard InChI is InChI=1S/C16H18N2O3/c1-3-10-17-15(19)12-8-9-13(18-16(12)20)11-6-4-5-7-14(11)21-2/h4-9H,3,10H2,1-2H3,(H,17,19)(H,18,20). The third-order valence-electron chi connectivity index (χ3n) is 3.09. The molecule has 0 bridgehead atoms. The molecule has 0 radical (unpaired) electrons. The van der Waals surface area contributed by atoms with Crippen molar-refractivity contribution in [2.24, 2.45) is 0 Å². The average Bonchev–Trinajstić information content (AvgIpc) is 2.52. The minimum absolute atomic E-state index is 0.113. The highest BCUT2D eigenvalue weighted by Gasteiger charge is 2.12. The summed E-state index contributed by atoms with van der Waals surface area (Å²) in [6.07, 6.45) is 0.822. The van der Waals surface area contributed by atoms with Gasteiger partial charge in [-0.3, -0.25) is 9.59 Å². The Balaban J connectivity index is 2.35. The van der Waals surface area contributed by atoms with Gasteiger partial charge in [0.2, 0.25) is 0 Å². The number of carbonyl (C=O) groups excluding carboxylic acids is 1. The minimum atomic E-state index is -0.410. The number of H-pyrrole nitrogens is 1. The molecule has 0 aliphatic heterocycles. The van der Waals surface area contributed by atoms with Crippen LogP contribution in [0.15, 0.2) is 41.2 Å². The molecule has 0 atom stereocenters. The molecule has 0 aliphatic carbocycles. The fourth-order valence-corrected chi connectivity index (χ4v) is 2.01. The van der Waals surface area contributed by atoms with Gasteiger partial charge in [0, 0.05) is 12.1 Å². The van der Waals surface area contributed by atoms with Crippen LogP contribution < -0.4 is 15.6 Å². The summed E-state index contributed by atoms with van der Waals surface area (Å²) < 4.78 is 5.27. The van der Waals surface area contributed by atoms with Crippen molar-refractivity contribution in [1.82, 2.24) is 10.3 Å². The van der Waals surface area contributed by atoms with Crippen molar-refractivity contribution in [3.05, 3.63) is 52.3 Å². The van der Waals surface area contributed by atoms with E-state index < -0.39 is 5.56 Å². The van der Waals surface area contributed by atoms with E-state index in [1.54, 1.807) is 13.2 Å². The number of pyridine rings is 1. The first-order valence-electron chi connectivity index (χ1n) is 6.82. The Morgan fingerprint density at radius 3 is 2.67 bits per heavy atom. The van der Waals surface area contributed by atoms with Crippen molar-refractivity contribution in [2.75, 3.05) is 13.7 Å². The van der Waals surface area contributed by atoms with Crippen molar-refractivity contribution in [2.45, 2.75) is 13.3 Å². The fraction of sp³-hybridized carbons (Fsp3) is 0.250. The molecule has 1 amide bonds. The predicted molar refractivity (Wildman–Crippen MR) is 81.7 cm³/mol. The quantitative estimate of drug-likeness (QED) is 0.885. The molecular weight excluding hydrogens is 268 g/mol. The molecule has 1 heterocycles. The zero-order valence-electron chi connectivity index (χ0n) is 12.1. The summed E-state index contributed by atoms with van der Waals surface area (Å²) >= 11 is 0. The number of para-hydroxylation sites is 1. The normalized spacial score (nSPS) is 10.2. The molecule has 0 saturated heterocycles. The maximum absolute atomic E-state index is 12.1. The van der Waals surface area contributed by atoms with Crippen molar-refractivity contribution < 1.29 is 9.53 Å². The summed E-state index contributed by atoms with van der Waals surface area (Å²) in [7, 11) is 1.57. The molecule has 0 saturated carbocycles. The Labute approximate surface area is 123 Å². The van der Waals surface area contributed by atoms with Crippen LogP contribution >= 0.6 is 0 Å². The molecule has 2 rings (SSSR count). The highest BCUT2D eigenvalue weighted by atomic mass is 16.5. The van der Waals surface area contributed by atoms with Crippen molar-refractivity contribution in [3.63, 3.8) is 0 Å². The van der Waals surface area contributed by atoms with Crippen molar-refractivity contribution in [1.29, 1.82) is 0 Å². The zero-order valence-corrected chi connectivity index (χ0v) is 12.1. The third-order valence-corrected chi connectivity index (χ3v) is 3.09. The Kier molecular flexibility index (Phi) is 4.77. The molecule has 2 aromatic rings. The second kappa shape index (κ2) is 6.74. The van der Waals surface area contributed by atoms with Gasteiger partial charge >= 0.3 is 0 Å². The van der Waals surface area contributed by atoms with Gasteiger partial charge in [0.15, 0.2) is 0 Å². The van der Waals surface area contributed by atoms with E-state index >= 15 is 0 Å². The molecule has 0 spiro atoms. The van der Waals surface area contributed by atoms with Crippen molar-refractivity contribution >= 4 is 5.91 Å². The lowest BCUT2D eigenvalue weighted by molar-refractivity contribution is 0.0952. The van der Waals surface area contributed by atoms with Crippen LogP contribution in [0.25, 0.3) is 11.3 Å². The highest BCUT2D eigenvalue weighted by molar-refractivity contribution is 5.94. The topological polar surface area (TPSA) is 71.2 Å². The molecule has 21 heavy (non-hydrogen) atoms. The van der Waals surface area contributed by atoms with Gasteiger partial charge in [0.05, 0.1) is 12.8 Å². The number of carbonyl (C=O) groups is 1. The number of hydrogen-bond donors (Lipinski definition) is 2. The van der Waals surface area contributed by atoms with Gasteiger partial charge in [-0.1, -0.05) is 19.1 Å². The van der Waals surface area contributed by atoms with Crippen LogP contribution in [-0.4, -0.2) is 24.5 Å². The number of aromatic amines is 1. The highest BCUT2D eigenvalue weighted by Crippen LogP contribution is 2.27. The fourth-order valence-electron chi connectivity index (χ4n) is 2.01. The Morgan fingerprint density at radius 2 is 2.00 bits per heavy atom. The number of rotatable bonds is 5. The van der Waals surface area contributed by atoms with E-state index in [2.05, 4.69) is 10.3 Å². The van der Waals surface area contributed by atoms with Gasteiger partial charge < -0.3 is 15.0 Å². The molecule has 1 aromatic heterocycles. The molecule has 2 N–H and O–H groups in total. The number of benzene rings is 1. The number of nitrogens with one attached hydrogen (secondary N) is 2. The number of hydrogen-bond acceptors (Lipinski definition) is 3. The molecule has 0 aliphatic rings. The summed E-state index contributed by atoms with van der Waals surface area (Å²) in [5.41, 5.74) is 1.09. The van der Waals surface area contributed by atoms with E-state index in [0.29, 0.717) is 18.0 Å². The summed E-state index contributed by atoms with van der Waals surface area (Å²) in [4.78, 5) is 26.6. The van der Waals surface area contributed by atoms with Gasteiger partial charge in [-0.2, -0.15) is 0 Å². The summed E-state index contributed by atoms with van der Waals surface area (Å²) in [6, 6.07) is 10.6. The second-order valence-electron chi connectivity index (χ2n) is 4.57. The number of ether oxygens (including phenoxy) is 1. The average molecular weight is 286 g/mol. The van der Waals surface area contributed by atoms with Crippen LogP contribution in [0, 0.1) is 0 Å². The van der Waals surface area contributed by atoms with E-state index in [0.717, 1.165) is 12.0 Å². The van der Waals surface area contributed by atoms with Gasteiger partial charge in [0.25, 0.3) is 11.5 Å². The van der Waals surface area contributed by atoms with E-state index in [4.69, 9.17) is 4.74 Å². The summed E-state index contributed by atoms with van der Waals surface area (Å²) in [5, 5.41) is 2.69. The summed E-state index contributed by atoms with van der Waals surface area (Å²) in [6.45, 7) is 2.50. The van der Waals surface area contributed by atoms with Crippen LogP contribution in [0.1, 0.15) is 23.7 Å². The van der Waals surface area contributed by atoms with E-state index in [-0.39, 0.29) is 11.5 Å². The van der Waals surface area contributed by atoms with Crippen LogP contribution in [0.3, 0.4) is 0 Å². The predicted octanol–water partition coefficient (Wildman–Crippen LogP) is 2.19. The van der Waals surface area contributed by atoms with Gasteiger partial charge in [-0.05, 0) is 30.7 Å². The van der Waals surface area contributed by atoms with E-state index in [9.17, 15) is 9.59 Å². The molecule has 0 fully saturated rings. The zero-order chi connectivity index (χ0) is 15.2. The first kappa shape index (κ1) is 14.8. The Morgan fingerprint density at radius 1 is 1.24 bits per heavy atom. The Bertz CT molecular complexity index is 692. The number of methoxy groups -OCH3 is 1. The minimum Gasteiger partial charge on any atom is -0.496 e. The lowest BCUT2D eigenvalue weighted by Crippen LogP contribution is -2.30. The molecule has 1 aromatic carbocycles.